The van der Waals surface area contributed by atoms with Gasteiger partial charge in [-0.1, -0.05) is 0 Å². The van der Waals surface area contributed by atoms with Crippen LogP contribution in [-0.2, 0) is 9.53 Å². The van der Waals surface area contributed by atoms with E-state index in [1.54, 1.807) is 27.7 Å². The number of carbonyl (C=O) groups is 2. The molecule has 0 radical (unpaired) electrons. The summed E-state index contributed by atoms with van der Waals surface area (Å²) < 4.78 is 5.38. The van der Waals surface area contributed by atoms with Gasteiger partial charge in [0.05, 0.1) is 0 Å². The van der Waals surface area contributed by atoms with Crippen molar-refractivity contribution in [3.8, 4) is 0 Å². The molecular weight excluding hydrogens is 260 g/mol. The highest BCUT2D eigenvalue weighted by atomic mass is 16.6. The first-order valence-corrected chi connectivity index (χ1v) is 7.11. The molecule has 2 atom stereocenters. The van der Waals surface area contributed by atoms with Crippen molar-refractivity contribution in [2.24, 2.45) is 0 Å². The fourth-order valence-electron chi connectivity index (χ4n) is 2.98. The maximum Gasteiger partial charge on any atom is 0.411 e. The van der Waals surface area contributed by atoms with E-state index in [0.717, 1.165) is 19.4 Å². The molecule has 20 heavy (non-hydrogen) atoms. The van der Waals surface area contributed by atoms with E-state index in [1.807, 2.05) is 0 Å². The van der Waals surface area contributed by atoms with Crippen LogP contribution < -0.4 is 0 Å². The predicted octanol–water partition coefficient (Wildman–Crippen LogP) is 1.54. The number of ether oxygens (including phenoxy) is 1. The fraction of sp³-hybridized carbons (Fsp3) is 0.857. The molecule has 0 aromatic carbocycles. The van der Waals surface area contributed by atoms with Crippen molar-refractivity contribution in [3.63, 3.8) is 0 Å². The zero-order valence-electron chi connectivity index (χ0n) is 12.7. The van der Waals surface area contributed by atoms with Gasteiger partial charge in [0, 0.05) is 19.1 Å². The molecule has 0 aromatic heterocycles. The number of amides is 1. The number of carbonyl (C=O) groups excluding carboxylic acids is 1. The van der Waals surface area contributed by atoms with Crippen molar-refractivity contribution in [1.82, 2.24) is 9.80 Å². The standard InChI is InChI=1S/C14H24N2O4/c1-13(2,3)20-12(19)16-8-10-6-5-7-15(10)9-14(16,4)11(17)18/h10H,5-9H2,1-4H3,(H,17,18)/t10-,14+/m1/s1. The molecule has 6 heteroatoms. The van der Waals surface area contributed by atoms with Crippen LogP contribution in [0.3, 0.4) is 0 Å². The minimum atomic E-state index is -1.22. The lowest BCUT2D eigenvalue weighted by Gasteiger charge is -2.47. The van der Waals surface area contributed by atoms with E-state index >= 15 is 0 Å². The second-order valence-electron chi connectivity index (χ2n) is 6.94. The van der Waals surface area contributed by atoms with Crippen LogP contribution in [0.2, 0.25) is 0 Å². The molecule has 1 amide bonds. The molecule has 0 aromatic rings. The minimum Gasteiger partial charge on any atom is -0.479 e. The molecule has 0 saturated carbocycles. The molecule has 2 rings (SSSR count). The van der Waals surface area contributed by atoms with Gasteiger partial charge in [-0.15, -0.1) is 0 Å². The number of aliphatic carboxylic acids is 1. The van der Waals surface area contributed by atoms with E-state index in [0.29, 0.717) is 13.1 Å². The van der Waals surface area contributed by atoms with Gasteiger partial charge in [-0.2, -0.15) is 0 Å². The second-order valence-corrected chi connectivity index (χ2v) is 6.94. The van der Waals surface area contributed by atoms with Crippen LogP contribution in [0.4, 0.5) is 4.79 Å². The summed E-state index contributed by atoms with van der Waals surface area (Å²) in [5.41, 5.74) is -1.84. The Hall–Kier alpha value is -1.30. The van der Waals surface area contributed by atoms with Crippen molar-refractivity contribution < 1.29 is 19.4 Å². The number of carboxylic acids is 1. The Morgan fingerprint density at radius 2 is 2.00 bits per heavy atom. The van der Waals surface area contributed by atoms with Crippen molar-refractivity contribution in [1.29, 1.82) is 0 Å². The van der Waals surface area contributed by atoms with Crippen LogP contribution in [0.25, 0.3) is 0 Å². The number of nitrogens with zero attached hydrogens (tertiary/aromatic N) is 2. The van der Waals surface area contributed by atoms with Gasteiger partial charge >= 0.3 is 12.1 Å². The third-order valence-electron chi connectivity index (χ3n) is 4.07. The molecule has 2 aliphatic heterocycles. The van der Waals surface area contributed by atoms with Gasteiger partial charge < -0.3 is 9.84 Å². The van der Waals surface area contributed by atoms with E-state index in [-0.39, 0.29) is 6.04 Å². The highest BCUT2D eigenvalue weighted by Gasteiger charge is 2.51. The summed E-state index contributed by atoms with van der Waals surface area (Å²) in [5.74, 6) is -0.978. The summed E-state index contributed by atoms with van der Waals surface area (Å²) in [6.45, 7) is 8.67. The second kappa shape index (κ2) is 4.91. The third-order valence-corrected chi connectivity index (χ3v) is 4.07. The average molecular weight is 284 g/mol. The molecule has 6 nitrogen and oxygen atoms in total. The third kappa shape index (κ3) is 2.75. The van der Waals surface area contributed by atoms with Crippen molar-refractivity contribution >= 4 is 12.1 Å². The lowest BCUT2D eigenvalue weighted by Crippen LogP contribution is -2.68. The number of hydrogen-bond donors (Lipinski definition) is 1. The molecule has 0 bridgehead atoms. The van der Waals surface area contributed by atoms with Crippen molar-refractivity contribution in [2.75, 3.05) is 19.6 Å². The zero-order valence-corrected chi connectivity index (χ0v) is 12.7. The van der Waals surface area contributed by atoms with Crippen molar-refractivity contribution in [2.45, 2.75) is 57.7 Å². The van der Waals surface area contributed by atoms with E-state index in [1.165, 1.54) is 4.90 Å². The minimum absolute atomic E-state index is 0.259. The molecule has 0 unspecified atom stereocenters. The summed E-state index contributed by atoms with van der Waals surface area (Å²) in [6.07, 6.45) is 1.53. The van der Waals surface area contributed by atoms with Gasteiger partial charge in [-0.05, 0) is 47.1 Å². The van der Waals surface area contributed by atoms with Crippen LogP contribution in [-0.4, -0.2) is 63.8 Å². The Morgan fingerprint density at radius 1 is 1.35 bits per heavy atom. The number of piperazine rings is 1. The Kier molecular flexibility index (Phi) is 3.71. The van der Waals surface area contributed by atoms with E-state index in [2.05, 4.69) is 4.90 Å². The summed E-state index contributed by atoms with van der Waals surface area (Å²) in [6, 6.07) is 0.259. The highest BCUT2D eigenvalue weighted by molar-refractivity contribution is 5.84. The van der Waals surface area contributed by atoms with Crippen LogP contribution in [0.15, 0.2) is 0 Å². The van der Waals surface area contributed by atoms with E-state index in [4.69, 9.17) is 4.74 Å². The summed E-state index contributed by atoms with van der Waals surface area (Å²) >= 11 is 0. The maximum absolute atomic E-state index is 12.3. The maximum atomic E-state index is 12.3. The molecule has 2 heterocycles. The molecule has 1 N–H and O–H groups in total. The SMILES string of the molecule is CC(C)(C)OC(=O)N1C[C@H]2CCCN2C[C@@]1(C)C(=O)O. The van der Waals surface area contributed by atoms with E-state index in [9.17, 15) is 14.7 Å². The fourth-order valence-corrected chi connectivity index (χ4v) is 2.98. The first-order chi connectivity index (χ1) is 9.13. The number of carboxylic acid groups (broad SMARTS) is 1. The number of rotatable bonds is 1. The van der Waals surface area contributed by atoms with Crippen LogP contribution in [0.1, 0.15) is 40.5 Å². The first-order valence-electron chi connectivity index (χ1n) is 7.11. The van der Waals surface area contributed by atoms with Gasteiger partial charge in [0.2, 0.25) is 0 Å². The lowest BCUT2D eigenvalue weighted by atomic mass is 9.94. The molecular formula is C14H24N2O4. The largest absolute Gasteiger partial charge is 0.479 e. The molecule has 2 aliphatic rings. The molecule has 0 aliphatic carbocycles. The van der Waals surface area contributed by atoms with Crippen LogP contribution >= 0.6 is 0 Å². The summed E-state index contributed by atoms with van der Waals surface area (Å²) in [4.78, 5) is 27.6. The van der Waals surface area contributed by atoms with Crippen LogP contribution in [0, 0.1) is 0 Å². The van der Waals surface area contributed by atoms with Gasteiger partial charge in [0.15, 0.2) is 5.54 Å². The Labute approximate surface area is 119 Å². The smallest absolute Gasteiger partial charge is 0.411 e. The van der Waals surface area contributed by atoms with Gasteiger partial charge in [-0.25, -0.2) is 9.59 Å². The normalized spacial score (nSPS) is 31.0. The topological polar surface area (TPSA) is 70.1 Å². The average Bonchev–Trinajstić information content (AvgIpc) is 2.71. The Bertz CT molecular complexity index is 418. The molecule has 2 fully saturated rings. The van der Waals surface area contributed by atoms with Crippen LogP contribution in [0.5, 0.6) is 0 Å². The van der Waals surface area contributed by atoms with Gasteiger partial charge in [0.1, 0.15) is 5.60 Å². The Balaban J connectivity index is 2.22. The van der Waals surface area contributed by atoms with E-state index < -0.39 is 23.2 Å². The molecule has 0 spiro atoms. The molecule has 114 valence electrons. The Morgan fingerprint density at radius 3 is 2.55 bits per heavy atom. The zero-order chi connectivity index (χ0) is 15.1. The monoisotopic (exact) mass is 284 g/mol. The quantitative estimate of drug-likeness (QED) is 0.791. The molecule has 2 saturated heterocycles. The van der Waals surface area contributed by atoms with Gasteiger partial charge in [-0.3, -0.25) is 9.80 Å². The summed E-state index contributed by atoms with van der Waals surface area (Å²) in [5, 5.41) is 9.56. The van der Waals surface area contributed by atoms with Gasteiger partial charge in [0.25, 0.3) is 0 Å². The number of fused-ring (bicyclic) bond motifs is 1. The predicted molar refractivity (Wildman–Crippen MR) is 73.6 cm³/mol. The summed E-state index contributed by atoms with van der Waals surface area (Å²) in [7, 11) is 0. The highest BCUT2D eigenvalue weighted by Crippen LogP contribution is 2.32. The first kappa shape index (κ1) is 15.1. The number of hydrogen-bond acceptors (Lipinski definition) is 4. The lowest BCUT2D eigenvalue weighted by molar-refractivity contribution is -0.155. The van der Waals surface area contributed by atoms with Crippen molar-refractivity contribution in [3.05, 3.63) is 0 Å².